The number of aryl methyl sites for hydroxylation is 1. The van der Waals surface area contributed by atoms with E-state index < -0.39 is 6.10 Å². The van der Waals surface area contributed by atoms with Crippen LogP contribution in [-0.4, -0.2) is 14.8 Å². The Morgan fingerprint density at radius 3 is 2.69 bits per heavy atom. The Morgan fingerprint density at radius 2 is 1.88 bits per heavy atom. The number of hydrogen-bond acceptors (Lipinski definition) is 4. The van der Waals surface area contributed by atoms with Gasteiger partial charge in [0.05, 0.1) is 5.70 Å². The van der Waals surface area contributed by atoms with Gasteiger partial charge >= 0.3 is 0 Å². The first kappa shape index (κ1) is 19.1. The second-order valence-corrected chi connectivity index (χ2v) is 8.39. The fraction of sp³-hybridized carbons (Fsp3) is 0.120. The number of aromatic nitrogens is 3. The van der Waals surface area contributed by atoms with Crippen LogP contribution in [0.5, 0.6) is 5.75 Å². The number of ether oxygens (including phenoxy) is 1. The number of benzene rings is 3. The lowest BCUT2D eigenvalue weighted by Gasteiger charge is -2.39. The minimum absolute atomic E-state index is 0.325. The van der Waals surface area contributed by atoms with Gasteiger partial charge in [0, 0.05) is 21.7 Å². The molecule has 3 heterocycles. The van der Waals surface area contributed by atoms with E-state index in [1.807, 2.05) is 29.8 Å². The Labute approximate surface area is 189 Å². The van der Waals surface area contributed by atoms with E-state index in [9.17, 15) is 0 Å². The number of fused-ring (bicyclic) bond motifs is 3. The molecule has 5 nitrogen and oxygen atoms in total. The summed E-state index contributed by atoms with van der Waals surface area (Å²) in [6.07, 6.45) is 0.857. The molecule has 2 aliphatic heterocycles. The molecule has 3 aromatic carbocycles. The molecule has 2 atom stereocenters. The van der Waals surface area contributed by atoms with Gasteiger partial charge in [0.15, 0.2) is 6.10 Å². The number of nitrogens with one attached hydrogen (secondary N) is 1. The Kier molecular flexibility index (Phi) is 4.30. The van der Waals surface area contributed by atoms with Gasteiger partial charge in [0.2, 0.25) is 5.95 Å². The monoisotopic (exact) mass is 444 g/mol. The lowest BCUT2D eigenvalue weighted by atomic mass is 9.84. The van der Waals surface area contributed by atoms with Gasteiger partial charge in [-0.15, -0.1) is 0 Å². The van der Waals surface area contributed by atoms with Crippen LogP contribution in [0.3, 0.4) is 0 Å². The molecule has 2 aliphatic rings. The maximum Gasteiger partial charge on any atom is 0.226 e. The number of nitrogens with zero attached hydrogens (tertiary/aromatic N) is 3. The molecule has 7 heteroatoms. The molecule has 0 saturated heterocycles. The van der Waals surface area contributed by atoms with Crippen molar-refractivity contribution in [1.82, 2.24) is 14.8 Å². The zero-order chi connectivity index (χ0) is 21.8. The maximum atomic E-state index is 15.0. The highest BCUT2D eigenvalue weighted by Gasteiger charge is 2.41. The highest BCUT2D eigenvalue weighted by Crippen LogP contribution is 2.51. The predicted molar refractivity (Wildman–Crippen MR) is 121 cm³/mol. The van der Waals surface area contributed by atoms with Crippen molar-refractivity contribution in [3.8, 4) is 5.75 Å². The van der Waals surface area contributed by atoms with E-state index in [4.69, 9.17) is 16.3 Å². The SMILES string of the molecule is Cc1ccc(C2C3=C(Nc4ncnn42)c2cc(Cl)ccc2OC3c2ccccc2F)cc1. The van der Waals surface area contributed by atoms with Crippen molar-refractivity contribution in [2.24, 2.45) is 0 Å². The average Bonchev–Trinajstić information content (AvgIpc) is 3.27. The van der Waals surface area contributed by atoms with E-state index in [1.54, 1.807) is 18.2 Å². The Hall–Kier alpha value is -3.64. The third kappa shape index (κ3) is 2.91. The number of halogens is 2. The maximum absolute atomic E-state index is 15.0. The third-order valence-corrected chi connectivity index (χ3v) is 6.19. The molecule has 1 aromatic heterocycles. The van der Waals surface area contributed by atoms with Crippen LogP contribution in [0.25, 0.3) is 5.70 Å². The van der Waals surface area contributed by atoms with Crippen LogP contribution in [-0.2, 0) is 0 Å². The zero-order valence-corrected chi connectivity index (χ0v) is 17.8. The van der Waals surface area contributed by atoms with Gasteiger partial charge in [-0.3, -0.25) is 0 Å². The molecule has 0 fully saturated rings. The predicted octanol–water partition coefficient (Wildman–Crippen LogP) is 5.94. The molecule has 4 aromatic rings. The van der Waals surface area contributed by atoms with Crippen molar-refractivity contribution >= 4 is 23.2 Å². The number of hydrogen-bond donors (Lipinski definition) is 1. The van der Waals surface area contributed by atoms with Crippen molar-refractivity contribution in [3.05, 3.63) is 112 Å². The van der Waals surface area contributed by atoms with Crippen LogP contribution in [0.15, 0.2) is 78.6 Å². The van der Waals surface area contributed by atoms with Crippen LogP contribution in [0, 0.1) is 12.7 Å². The van der Waals surface area contributed by atoms with Crippen LogP contribution >= 0.6 is 11.6 Å². The highest BCUT2D eigenvalue weighted by atomic mass is 35.5. The summed E-state index contributed by atoms with van der Waals surface area (Å²) < 4.78 is 23.3. The molecule has 0 bridgehead atoms. The minimum Gasteiger partial charge on any atom is -0.480 e. The van der Waals surface area contributed by atoms with Crippen molar-refractivity contribution in [2.45, 2.75) is 19.1 Å². The summed E-state index contributed by atoms with van der Waals surface area (Å²) in [6.45, 7) is 2.04. The van der Waals surface area contributed by atoms with Crippen LogP contribution in [0.1, 0.15) is 34.4 Å². The lowest BCUT2D eigenvalue weighted by molar-refractivity contribution is 0.218. The van der Waals surface area contributed by atoms with Crippen molar-refractivity contribution in [1.29, 1.82) is 0 Å². The Morgan fingerprint density at radius 1 is 1.06 bits per heavy atom. The van der Waals surface area contributed by atoms with Gasteiger partial charge in [-0.1, -0.05) is 59.6 Å². The fourth-order valence-electron chi connectivity index (χ4n) is 4.46. The molecule has 0 aliphatic carbocycles. The van der Waals surface area contributed by atoms with Crippen molar-refractivity contribution < 1.29 is 9.13 Å². The molecular weight excluding hydrogens is 427 g/mol. The summed E-state index contributed by atoms with van der Waals surface area (Å²) in [6, 6.07) is 20.1. The molecule has 0 radical (unpaired) electrons. The highest BCUT2D eigenvalue weighted by molar-refractivity contribution is 6.30. The van der Waals surface area contributed by atoms with Gasteiger partial charge in [-0.05, 0) is 36.8 Å². The zero-order valence-electron chi connectivity index (χ0n) is 17.1. The molecule has 6 rings (SSSR count). The van der Waals surface area contributed by atoms with Crippen LogP contribution < -0.4 is 10.1 Å². The summed E-state index contributed by atoms with van der Waals surface area (Å²) in [5.41, 5.74) is 5.10. The van der Waals surface area contributed by atoms with Gasteiger partial charge in [-0.2, -0.15) is 10.1 Å². The molecule has 2 unspecified atom stereocenters. The fourth-order valence-corrected chi connectivity index (χ4v) is 4.63. The average molecular weight is 445 g/mol. The normalized spacial score (nSPS) is 18.8. The van der Waals surface area contributed by atoms with Gasteiger partial charge in [0.25, 0.3) is 0 Å². The van der Waals surface area contributed by atoms with Gasteiger partial charge in [-0.25, -0.2) is 9.07 Å². The van der Waals surface area contributed by atoms with E-state index in [2.05, 4.69) is 39.7 Å². The van der Waals surface area contributed by atoms with E-state index in [1.165, 1.54) is 12.4 Å². The second-order valence-electron chi connectivity index (χ2n) is 7.96. The molecule has 32 heavy (non-hydrogen) atoms. The first-order valence-corrected chi connectivity index (χ1v) is 10.7. The largest absolute Gasteiger partial charge is 0.480 e. The Bertz CT molecular complexity index is 1380. The quantitative estimate of drug-likeness (QED) is 0.415. The lowest BCUT2D eigenvalue weighted by Crippen LogP contribution is -2.32. The van der Waals surface area contributed by atoms with Crippen molar-refractivity contribution in [3.63, 3.8) is 0 Å². The first-order valence-electron chi connectivity index (χ1n) is 10.3. The summed E-state index contributed by atoms with van der Waals surface area (Å²) in [5, 5.41) is 8.47. The molecule has 158 valence electrons. The van der Waals surface area contributed by atoms with Gasteiger partial charge in [0.1, 0.15) is 23.9 Å². The molecule has 0 saturated carbocycles. The topological polar surface area (TPSA) is 52.0 Å². The summed E-state index contributed by atoms with van der Waals surface area (Å²) in [7, 11) is 0. The Balaban J connectivity index is 1.65. The summed E-state index contributed by atoms with van der Waals surface area (Å²) >= 11 is 6.34. The third-order valence-electron chi connectivity index (χ3n) is 5.96. The van der Waals surface area contributed by atoms with E-state index in [0.717, 1.165) is 28.0 Å². The smallest absolute Gasteiger partial charge is 0.226 e. The molecular formula is C25H18ClFN4O. The van der Waals surface area contributed by atoms with Crippen LogP contribution in [0.2, 0.25) is 5.02 Å². The van der Waals surface area contributed by atoms with E-state index >= 15 is 4.39 Å². The molecule has 0 amide bonds. The first-order chi connectivity index (χ1) is 15.6. The molecule has 0 spiro atoms. The number of anilines is 1. The number of rotatable bonds is 2. The minimum atomic E-state index is -0.656. The van der Waals surface area contributed by atoms with E-state index in [0.29, 0.717) is 22.3 Å². The second kappa shape index (κ2) is 7.21. The van der Waals surface area contributed by atoms with Gasteiger partial charge < -0.3 is 10.1 Å². The molecule has 1 N–H and O–H groups in total. The van der Waals surface area contributed by atoms with Crippen molar-refractivity contribution in [2.75, 3.05) is 5.32 Å². The summed E-state index contributed by atoms with van der Waals surface area (Å²) in [4.78, 5) is 4.41. The van der Waals surface area contributed by atoms with E-state index in [-0.39, 0.29) is 11.9 Å². The van der Waals surface area contributed by atoms with Crippen LogP contribution in [0.4, 0.5) is 10.3 Å². The standard InChI is InChI=1S/C25H18ClFN4O/c1-14-6-8-15(9-7-14)23-21-22(30-25-28-13-29-31(23)25)18-12-16(26)10-11-20(18)32-24(21)17-4-2-3-5-19(17)27/h2-13,23-24H,1H3,(H,28,29,30). The summed E-state index contributed by atoms with van der Waals surface area (Å²) in [5.74, 6) is 0.910.